The van der Waals surface area contributed by atoms with Gasteiger partial charge < -0.3 is 0 Å². The Kier molecular flexibility index (Phi) is 5.54. The number of carbonyl (C=O) groups is 1. The Hall–Kier alpha value is -1.38. The molecular weight excluding hydrogens is 200 g/mol. The molecule has 0 saturated heterocycles. The second-order valence-electron chi connectivity index (χ2n) is 4.00. The van der Waals surface area contributed by atoms with Gasteiger partial charge >= 0.3 is 0 Å². The Balaban J connectivity index is 2.50. The van der Waals surface area contributed by atoms with Gasteiger partial charge in [-0.25, -0.2) is 4.98 Å². The molecule has 0 bridgehead atoms. The lowest BCUT2D eigenvalue weighted by atomic mass is 10.2. The fourth-order valence-corrected chi connectivity index (χ4v) is 1.62. The third kappa shape index (κ3) is 4.01. The van der Waals surface area contributed by atoms with Crippen molar-refractivity contribution in [2.75, 3.05) is 11.4 Å². The molecule has 0 N–H and O–H groups in total. The van der Waals surface area contributed by atoms with Gasteiger partial charge in [0.1, 0.15) is 5.82 Å². The molecule has 0 unspecified atom stereocenters. The standard InChI is InChI=1S/C13H20N2O/c1-3-4-5-6-10-15(11-16)13-9-7-8-12(2)14-13/h7-9,11H,3-6,10H2,1-2H3. The van der Waals surface area contributed by atoms with Crippen LogP contribution in [0.4, 0.5) is 5.82 Å². The zero-order valence-corrected chi connectivity index (χ0v) is 10.1. The second-order valence-corrected chi connectivity index (χ2v) is 4.00. The summed E-state index contributed by atoms with van der Waals surface area (Å²) in [5.41, 5.74) is 0.943. The smallest absolute Gasteiger partial charge is 0.215 e. The van der Waals surface area contributed by atoms with Gasteiger partial charge in [-0.15, -0.1) is 0 Å². The molecule has 1 aromatic rings. The quantitative estimate of drug-likeness (QED) is 0.523. The SMILES string of the molecule is CCCCCCN(C=O)c1cccc(C)n1. The van der Waals surface area contributed by atoms with Crippen LogP contribution in [0, 0.1) is 6.92 Å². The molecule has 3 heteroatoms. The molecule has 0 aliphatic heterocycles. The molecule has 1 amide bonds. The first-order valence-electron chi connectivity index (χ1n) is 5.93. The van der Waals surface area contributed by atoms with Crippen molar-refractivity contribution in [3.63, 3.8) is 0 Å². The van der Waals surface area contributed by atoms with Crippen LogP contribution in [0.25, 0.3) is 0 Å². The van der Waals surface area contributed by atoms with Crippen molar-refractivity contribution in [2.24, 2.45) is 0 Å². The van der Waals surface area contributed by atoms with Crippen LogP contribution in [0.3, 0.4) is 0 Å². The third-order valence-electron chi connectivity index (χ3n) is 2.55. The topological polar surface area (TPSA) is 33.2 Å². The van der Waals surface area contributed by atoms with Gasteiger partial charge in [-0.1, -0.05) is 32.3 Å². The minimum atomic E-state index is 0.756. The monoisotopic (exact) mass is 220 g/mol. The zero-order chi connectivity index (χ0) is 11.8. The lowest BCUT2D eigenvalue weighted by Gasteiger charge is -2.16. The maximum Gasteiger partial charge on any atom is 0.215 e. The van der Waals surface area contributed by atoms with E-state index in [0.29, 0.717) is 0 Å². The summed E-state index contributed by atoms with van der Waals surface area (Å²) < 4.78 is 0. The number of pyridine rings is 1. The highest BCUT2D eigenvalue weighted by atomic mass is 16.1. The Morgan fingerprint density at radius 3 is 2.75 bits per heavy atom. The van der Waals surface area contributed by atoms with Gasteiger partial charge in [-0.05, 0) is 25.5 Å². The summed E-state index contributed by atoms with van der Waals surface area (Å²) in [6.45, 7) is 4.88. The highest BCUT2D eigenvalue weighted by molar-refractivity contribution is 5.72. The summed E-state index contributed by atoms with van der Waals surface area (Å²) in [7, 11) is 0. The van der Waals surface area contributed by atoms with E-state index < -0.39 is 0 Å². The first-order chi connectivity index (χ1) is 7.77. The van der Waals surface area contributed by atoms with E-state index in [-0.39, 0.29) is 0 Å². The molecule has 1 rings (SSSR count). The second kappa shape index (κ2) is 6.99. The first-order valence-corrected chi connectivity index (χ1v) is 5.93. The van der Waals surface area contributed by atoms with Crippen LogP contribution < -0.4 is 4.90 Å². The highest BCUT2D eigenvalue weighted by Crippen LogP contribution is 2.11. The number of aromatic nitrogens is 1. The molecule has 0 spiro atoms. The van der Waals surface area contributed by atoms with E-state index >= 15 is 0 Å². The maximum absolute atomic E-state index is 11.0. The number of hydrogen-bond donors (Lipinski definition) is 0. The van der Waals surface area contributed by atoms with Gasteiger partial charge in [-0.3, -0.25) is 9.69 Å². The molecule has 0 aliphatic rings. The summed E-state index contributed by atoms with van der Waals surface area (Å²) in [6.07, 6.45) is 5.53. The number of anilines is 1. The van der Waals surface area contributed by atoms with Crippen LogP contribution in [0.1, 0.15) is 38.3 Å². The van der Waals surface area contributed by atoms with E-state index in [2.05, 4.69) is 11.9 Å². The molecule has 0 fully saturated rings. The van der Waals surface area contributed by atoms with Crippen molar-refractivity contribution in [2.45, 2.75) is 39.5 Å². The number of amides is 1. The predicted octanol–water partition coefficient (Wildman–Crippen LogP) is 2.93. The Labute approximate surface area is 97.5 Å². The van der Waals surface area contributed by atoms with Crippen LogP contribution >= 0.6 is 0 Å². The van der Waals surface area contributed by atoms with Gasteiger partial charge in [-0.2, -0.15) is 0 Å². The van der Waals surface area contributed by atoms with Gasteiger partial charge in [0, 0.05) is 12.2 Å². The van der Waals surface area contributed by atoms with Crippen molar-refractivity contribution < 1.29 is 4.79 Å². The molecule has 1 aromatic heterocycles. The molecule has 0 radical (unpaired) electrons. The molecule has 0 aromatic carbocycles. The van der Waals surface area contributed by atoms with Crippen molar-refractivity contribution in [1.29, 1.82) is 0 Å². The van der Waals surface area contributed by atoms with E-state index in [1.54, 1.807) is 4.90 Å². The third-order valence-corrected chi connectivity index (χ3v) is 2.55. The number of nitrogens with zero attached hydrogens (tertiary/aromatic N) is 2. The zero-order valence-electron chi connectivity index (χ0n) is 10.1. The summed E-state index contributed by atoms with van der Waals surface area (Å²) in [5.74, 6) is 0.756. The largest absolute Gasteiger partial charge is 0.299 e. The van der Waals surface area contributed by atoms with Crippen LogP contribution in [0.15, 0.2) is 18.2 Å². The average Bonchev–Trinajstić information content (AvgIpc) is 2.29. The summed E-state index contributed by atoms with van der Waals surface area (Å²) in [6, 6.07) is 5.74. The van der Waals surface area contributed by atoms with Gasteiger partial charge in [0.05, 0.1) is 0 Å². The lowest BCUT2D eigenvalue weighted by Crippen LogP contribution is -2.23. The van der Waals surface area contributed by atoms with E-state index in [1.807, 2.05) is 25.1 Å². The van der Waals surface area contributed by atoms with Gasteiger partial charge in [0.25, 0.3) is 0 Å². The van der Waals surface area contributed by atoms with Crippen LogP contribution in [0.2, 0.25) is 0 Å². The van der Waals surface area contributed by atoms with E-state index in [1.165, 1.54) is 19.3 Å². The average molecular weight is 220 g/mol. The number of rotatable bonds is 7. The summed E-state index contributed by atoms with van der Waals surface area (Å²) in [5, 5.41) is 0. The molecule has 1 heterocycles. The van der Waals surface area contributed by atoms with Crippen molar-refractivity contribution >= 4 is 12.2 Å². The molecule has 16 heavy (non-hydrogen) atoms. The number of hydrogen-bond acceptors (Lipinski definition) is 2. The highest BCUT2D eigenvalue weighted by Gasteiger charge is 2.05. The van der Waals surface area contributed by atoms with E-state index in [4.69, 9.17) is 0 Å². The van der Waals surface area contributed by atoms with Crippen molar-refractivity contribution in [1.82, 2.24) is 4.98 Å². The normalized spacial score (nSPS) is 10.1. The van der Waals surface area contributed by atoms with E-state index in [9.17, 15) is 4.79 Å². The molecule has 88 valence electrons. The molecular formula is C13H20N2O. The Morgan fingerprint density at radius 1 is 1.31 bits per heavy atom. The van der Waals surface area contributed by atoms with Gasteiger partial charge in [0.15, 0.2) is 0 Å². The molecule has 0 aliphatic carbocycles. The van der Waals surface area contributed by atoms with Crippen molar-refractivity contribution in [3.8, 4) is 0 Å². The minimum Gasteiger partial charge on any atom is -0.299 e. The molecule has 0 atom stereocenters. The Bertz CT molecular complexity index is 325. The summed E-state index contributed by atoms with van der Waals surface area (Å²) >= 11 is 0. The minimum absolute atomic E-state index is 0.756. The van der Waals surface area contributed by atoms with Crippen LogP contribution in [-0.4, -0.2) is 17.9 Å². The van der Waals surface area contributed by atoms with Crippen molar-refractivity contribution in [3.05, 3.63) is 23.9 Å². The number of unbranched alkanes of at least 4 members (excludes halogenated alkanes) is 3. The van der Waals surface area contributed by atoms with Crippen LogP contribution in [0.5, 0.6) is 0 Å². The molecule has 3 nitrogen and oxygen atoms in total. The fourth-order valence-electron chi connectivity index (χ4n) is 1.62. The van der Waals surface area contributed by atoms with Crippen LogP contribution in [-0.2, 0) is 4.79 Å². The predicted molar refractivity (Wildman–Crippen MR) is 66.5 cm³/mol. The Morgan fingerprint density at radius 2 is 2.12 bits per heavy atom. The van der Waals surface area contributed by atoms with E-state index in [0.717, 1.165) is 30.9 Å². The maximum atomic E-state index is 11.0. The summed E-state index contributed by atoms with van der Waals surface area (Å²) in [4.78, 5) is 17.0. The fraction of sp³-hybridized carbons (Fsp3) is 0.538. The number of carbonyl (C=O) groups excluding carboxylic acids is 1. The molecule has 0 saturated carbocycles. The first kappa shape index (κ1) is 12.7. The number of aryl methyl sites for hydroxylation is 1. The lowest BCUT2D eigenvalue weighted by molar-refractivity contribution is -0.107. The van der Waals surface area contributed by atoms with Gasteiger partial charge in [0.2, 0.25) is 6.41 Å².